The van der Waals surface area contributed by atoms with E-state index < -0.39 is 32.4 Å². The van der Waals surface area contributed by atoms with Crippen molar-refractivity contribution >= 4 is 25.3 Å². The van der Waals surface area contributed by atoms with Crippen LogP contribution in [-0.2, 0) is 28.4 Å². The molecule has 0 radical (unpaired) electrons. The largest absolute Gasteiger partial charge is 0.428 e. The van der Waals surface area contributed by atoms with Gasteiger partial charge in [-0.2, -0.15) is 0 Å². The van der Waals surface area contributed by atoms with Gasteiger partial charge in [0.1, 0.15) is 5.78 Å². The lowest BCUT2D eigenvalue weighted by Gasteiger charge is -2.61. The van der Waals surface area contributed by atoms with Crippen LogP contribution >= 0.6 is 7.60 Å². The zero-order valence-electron chi connectivity index (χ0n) is 25.6. The van der Waals surface area contributed by atoms with E-state index in [2.05, 4.69) is 20.8 Å². The summed E-state index contributed by atoms with van der Waals surface area (Å²) in [7, 11) is -4.36. The van der Waals surface area contributed by atoms with Gasteiger partial charge in [-0.15, -0.1) is 0 Å². The number of ketones is 1. The van der Waals surface area contributed by atoms with Gasteiger partial charge in [-0.25, -0.2) is 0 Å². The second-order valence-electron chi connectivity index (χ2n) is 14.5. The van der Waals surface area contributed by atoms with Crippen LogP contribution in [0.1, 0.15) is 118 Å². The number of hydrogen-bond donors (Lipinski definition) is 2. The molecule has 0 amide bonds. The number of fused-ring (bicyclic) bond motifs is 5. The number of carbonyl (C=O) groups is 3. The molecule has 4 saturated carbocycles. The highest BCUT2D eigenvalue weighted by atomic mass is 31.2. The molecule has 41 heavy (non-hydrogen) atoms. The molecule has 4 aliphatic carbocycles. The second-order valence-corrected chi connectivity index (χ2v) is 16.2. The van der Waals surface area contributed by atoms with Crippen LogP contribution in [0.3, 0.4) is 0 Å². The normalized spacial score (nSPS) is 36.3. The maximum Gasteiger partial charge on any atom is 0.326 e. The van der Waals surface area contributed by atoms with Gasteiger partial charge in [0.05, 0.1) is 6.16 Å². The van der Waals surface area contributed by atoms with E-state index in [9.17, 15) is 18.9 Å². The predicted octanol–water partition coefficient (Wildman–Crippen LogP) is 6.66. The summed E-state index contributed by atoms with van der Waals surface area (Å²) in [5.41, 5.74) is 0.910. The number of rotatable bonds is 12. The van der Waals surface area contributed by atoms with Crippen LogP contribution in [0, 0.1) is 52.3 Å². The molecule has 9 heteroatoms. The topological polar surface area (TPSA) is 127 Å². The highest BCUT2D eigenvalue weighted by Gasteiger charge is 2.60. The van der Waals surface area contributed by atoms with Gasteiger partial charge in [0.15, 0.2) is 0 Å². The number of esters is 2. The van der Waals surface area contributed by atoms with Crippen molar-refractivity contribution in [3.63, 3.8) is 0 Å². The molecule has 8 nitrogen and oxygen atoms in total. The maximum absolute atomic E-state index is 12.4. The van der Waals surface area contributed by atoms with Gasteiger partial charge in [0, 0.05) is 18.8 Å². The van der Waals surface area contributed by atoms with Crippen LogP contribution in [0.25, 0.3) is 0 Å². The Labute approximate surface area is 246 Å². The fourth-order valence-corrected chi connectivity index (χ4v) is 11.1. The number of Topliss-reactive ketones (excluding diaryl/α,β-unsaturated/α-hetero) is 1. The molecular formula is C32H53O8P. The zero-order valence-corrected chi connectivity index (χ0v) is 26.5. The Kier molecular flexibility index (Phi) is 10.5. The molecular weight excluding hydrogens is 543 g/mol. The molecule has 9 atom stereocenters. The van der Waals surface area contributed by atoms with Crippen molar-refractivity contribution in [2.45, 2.75) is 118 Å². The number of ether oxygens (including phenoxy) is 2. The van der Waals surface area contributed by atoms with Crippen molar-refractivity contribution in [3.05, 3.63) is 0 Å². The van der Waals surface area contributed by atoms with E-state index in [0.717, 1.165) is 30.1 Å². The van der Waals surface area contributed by atoms with E-state index in [1.165, 1.54) is 71.1 Å². The molecule has 4 rings (SSSR count). The summed E-state index contributed by atoms with van der Waals surface area (Å²) in [6.07, 6.45) is 14.1. The zero-order chi connectivity index (χ0) is 30.0. The average molecular weight is 597 g/mol. The molecule has 0 bridgehead atoms. The van der Waals surface area contributed by atoms with Crippen molar-refractivity contribution in [1.29, 1.82) is 0 Å². The molecule has 0 spiro atoms. The van der Waals surface area contributed by atoms with Gasteiger partial charge in [0.25, 0.3) is 0 Å². The molecule has 8 unspecified atom stereocenters. The molecule has 4 fully saturated rings. The first-order chi connectivity index (χ1) is 19.2. The minimum absolute atomic E-state index is 0.0205. The number of carbonyl (C=O) groups excluding carboxylic acids is 3. The van der Waals surface area contributed by atoms with Gasteiger partial charge in [-0.05, 0) is 117 Å². The van der Waals surface area contributed by atoms with Gasteiger partial charge in [-0.3, -0.25) is 18.9 Å². The lowest BCUT2D eigenvalue weighted by molar-refractivity contribution is -0.167. The fraction of sp³-hybridized carbons (Fsp3) is 0.906. The summed E-state index contributed by atoms with van der Waals surface area (Å²) < 4.78 is 21.3. The Hall–Kier alpha value is -1.24. The van der Waals surface area contributed by atoms with Crippen LogP contribution < -0.4 is 0 Å². The van der Waals surface area contributed by atoms with Crippen LogP contribution in [0.5, 0.6) is 0 Å². The van der Waals surface area contributed by atoms with E-state index >= 15 is 0 Å². The van der Waals surface area contributed by atoms with Gasteiger partial charge in [-0.1, -0.05) is 33.6 Å². The van der Waals surface area contributed by atoms with Crippen LogP contribution in [0.2, 0.25) is 0 Å². The van der Waals surface area contributed by atoms with Crippen molar-refractivity contribution < 1.29 is 38.2 Å². The van der Waals surface area contributed by atoms with Crippen molar-refractivity contribution in [3.8, 4) is 0 Å². The van der Waals surface area contributed by atoms with Crippen LogP contribution in [0.15, 0.2) is 0 Å². The van der Waals surface area contributed by atoms with Gasteiger partial charge in [0.2, 0.25) is 6.79 Å². The minimum Gasteiger partial charge on any atom is -0.428 e. The highest BCUT2D eigenvalue weighted by molar-refractivity contribution is 7.51. The average Bonchev–Trinajstić information content (AvgIpc) is 3.26. The van der Waals surface area contributed by atoms with Crippen molar-refractivity contribution in [2.24, 2.45) is 52.3 Å². The lowest BCUT2D eigenvalue weighted by atomic mass is 9.44. The summed E-state index contributed by atoms with van der Waals surface area (Å²) in [5.74, 6) is 2.21. The van der Waals surface area contributed by atoms with Gasteiger partial charge >= 0.3 is 19.5 Å². The summed E-state index contributed by atoms with van der Waals surface area (Å²) in [6.45, 7) is 8.23. The van der Waals surface area contributed by atoms with Gasteiger partial charge < -0.3 is 19.3 Å². The summed E-state index contributed by atoms with van der Waals surface area (Å²) in [4.78, 5) is 54.3. The molecule has 0 aromatic heterocycles. The molecule has 0 aliphatic heterocycles. The Bertz CT molecular complexity index is 1010. The van der Waals surface area contributed by atoms with E-state index in [1.807, 2.05) is 0 Å². The first kappa shape index (κ1) is 32.7. The highest BCUT2D eigenvalue weighted by Crippen LogP contribution is 2.68. The first-order valence-corrected chi connectivity index (χ1v) is 17.9. The molecule has 0 heterocycles. The molecule has 2 N–H and O–H groups in total. The monoisotopic (exact) mass is 596 g/mol. The Morgan fingerprint density at radius 1 is 0.854 bits per heavy atom. The Morgan fingerprint density at radius 2 is 1.51 bits per heavy atom. The summed E-state index contributed by atoms with van der Waals surface area (Å²) >= 11 is 0. The minimum atomic E-state index is -4.36. The SMILES string of the molecule is CC(=O)C(CCC(=O)OCOC(=O)CC[C@@H](C)C1CCC2C3CCC4CCCCC4(C)C3CCC21C)CP(=O)(O)O. The lowest BCUT2D eigenvalue weighted by Crippen LogP contribution is -2.53. The Morgan fingerprint density at radius 3 is 2.17 bits per heavy atom. The van der Waals surface area contributed by atoms with Crippen molar-refractivity contribution in [2.75, 3.05) is 13.0 Å². The molecule has 0 saturated heterocycles. The third-order valence-corrected chi connectivity index (χ3v) is 13.2. The van der Waals surface area contributed by atoms with E-state index in [1.54, 1.807) is 0 Å². The number of hydrogen-bond acceptors (Lipinski definition) is 6. The summed E-state index contributed by atoms with van der Waals surface area (Å²) in [5, 5.41) is 0. The van der Waals surface area contributed by atoms with E-state index in [0.29, 0.717) is 22.7 Å². The maximum atomic E-state index is 12.4. The quantitative estimate of drug-likeness (QED) is 0.145. The van der Waals surface area contributed by atoms with E-state index in [4.69, 9.17) is 19.3 Å². The van der Waals surface area contributed by atoms with Crippen LogP contribution in [-0.4, -0.2) is 40.5 Å². The second kappa shape index (κ2) is 13.2. The standard InChI is InChI=1S/C32H53O8P/c1-21(8-14-29(34)39-20-40-30(35)15-9-23(22(2)33)19-41(36,37)38)26-12-13-27-25-11-10-24-7-5-6-17-31(24,3)28(25)16-18-32(26,27)4/h21,23-28H,5-20H2,1-4H3,(H2,36,37,38)/t21-,23?,24?,25?,26?,27?,28?,31?,32?/m1/s1. The molecule has 4 aliphatic rings. The molecule has 0 aromatic rings. The third-order valence-electron chi connectivity index (χ3n) is 12.3. The van der Waals surface area contributed by atoms with Crippen molar-refractivity contribution in [1.82, 2.24) is 0 Å². The fourth-order valence-electron chi connectivity index (χ4n) is 10.1. The predicted molar refractivity (Wildman–Crippen MR) is 156 cm³/mol. The van der Waals surface area contributed by atoms with Crippen LogP contribution in [0.4, 0.5) is 0 Å². The molecule has 234 valence electrons. The first-order valence-electron chi connectivity index (χ1n) is 16.1. The smallest absolute Gasteiger partial charge is 0.326 e. The van der Waals surface area contributed by atoms with E-state index in [-0.39, 0.29) is 31.0 Å². The Balaban J connectivity index is 1.19. The third kappa shape index (κ3) is 7.47. The molecule has 0 aromatic carbocycles. The summed E-state index contributed by atoms with van der Waals surface area (Å²) in [6, 6.07) is 0.